The summed E-state index contributed by atoms with van der Waals surface area (Å²) in [5, 5.41) is 3.44. The summed E-state index contributed by atoms with van der Waals surface area (Å²) in [4.78, 5) is 12.2. The third-order valence-electron chi connectivity index (χ3n) is 3.91. The van der Waals surface area contributed by atoms with Crippen LogP contribution in [0.5, 0.6) is 0 Å². The Morgan fingerprint density at radius 1 is 1.17 bits per heavy atom. The Balaban J connectivity index is 2.52. The first-order valence-electron chi connectivity index (χ1n) is 7.45. The first-order valence-corrected chi connectivity index (χ1v) is 7.45. The van der Waals surface area contributed by atoms with Crippen molar-refractivity contribution in [2.75, 3.05) is 0 Å². The Morgan fingerprint density at radius 3 is 2.17 bits per heavy atom. The summed E-state index contributed by atoms with van der Waals surface area (Å²) in [5.74, 6) is 1.15. The molecule has 1 saturated carbocycles. The van der Waals surface area contributed by atoms with Gasteiger partial charge in [-0.15, -0.1) is 0 Å². The summed E-state index contributed by atoms with van der Waals surface area (Å²) >= 11 is 0. The minimum atomic E-state index is 0.0318. The zero-order chi connectivity index (χ0) is 13.7. The van der Waals surface area contributed by atoms with Gasteiger partial charge in [-0.05, 0) is 38.0 Å². The first kappa shape index (κ1) is 15.6. The van der Waals surface area contributed by atoms with Crippen molar-refractivity contribution >= 4 is 5.78 Å². The molecule has 1 unspecified atom stereocenters. The van der Waals surface area contributed by atoms with Crippen LogP contribution in [0.2, 0.25) is 0 Å². The topological polar surface area (TPSA) is 55.1 Å². The van der Waals surface area contributed by atoms with E-state index in [2.05, 4.69) is 19.2 Å². The van der Waals surface area contributed by atoms with Crippen LogP contribution >= 0.6 is 0 Å². The van der Waals surface area contributed by atoms with Gasteiger partial charge in [0.1, 0.15) is 0 Å². The standard InChI is InChI=1S/C15H30N2O/c1-10(2)15(18)14(17-11(3)4)9-12-5-7-13(16)8-6-12/h10-14,17H,5-9,16H2,1-4H3. The van der Waals surface area contributed by atoms with Gasteiger partial charge in [0.15, 0.2) is 5.78 Å². The van der Waals surface area contributed by atoms with Crippen LogP contribution in [0, 0.1) is 11.8 Å². The molecule has 1 aliphatic rings. The van der Waals surface area contributed by atoms with Crippen molar-refractivity contribution in [1.29, 1.82) is 0 Å². The van der Waals surface area contributed by atoms with Gasteiger partial charge in [0, 0.05) is 18.0 Å². The zero-order valence-electron chi connectivity index (χ0n) is 12.4. The molecule has 0 amide bonds. The number of rotatable bonds is 6. The average Bonchev–Trinajstić information content (AvgIpc) is 2.29. The van der Waals surface area contributed by atoms with E-state index in [1.54, 1.807) is 0 Å². The molecule has 0 bridgehead atoms. The molecule has 3 N–H and O–H groups in total. The fourth-order valence-corrected chi connectivity index (χ4v) is 2.83. The highest BCUT2D eigenvalue weighted by Gasteiger charge is 2.27. The van der Waals surface area contributed by atoms with Gasteiger partial charge in [0.2, 0.25) is 0 Å². The highest BCUT2D eigenvalue weighted by molar-refractivity contribution is 5.85. The van der Waals surface area contributed by atoms with E-state index in [1.807, 2.05) is 13.8 Å². The molecule has 3 nitrogen and oxygen atoms in total. The summed E-state index contributed by atoms with van der Waals surface area (Å²) in [6.45, 7) is 8.21. The Bertz CT molecular complexity index is 255. The molecule has 1 rings (SSSR count). The lowest BCUT2D eigenvalue weighted by Gasteiger charge is -2.30. The van der Waals surface area contributed by atoms with E-state index in [9.17, 15) is 4.79 Å². The third-order valence-corrected chi connectivity index (χ3v) is 3.91. The summed E-state index contributed by atoms with van der Waals surface area (Å²) in [7, 11) is 0. The molecular weight excluding hydrogens is 224 g/mol. The average molecular weight is 254 g/mol. The number of hydrogen-bond acceptors (Lipinski definition) is 3. The molecule has 1 aliphatic carbocycles. The van der Waals surface area contributed by atoms with Gasteiger partial charge in [-0.25, -0.2) is 0 Å². The highest BCUT2D eigenvalue weighted by Crippen LogP contribution is 2.27. The van der Waals surface area contributed by atoms with Crippen LogP contribution in [-0.2, 0) is 4.79 Å². The maximum atomic E-state index is 12.2. The van der Waals surface area contributed by atoms with Crippen molar-refractivity contribution in [3.8, 4) is 0 Å². The number of Topliss-reactive ketones (excluding diaryl/α,β-unsaturated/α-hetero) is 1. The number of nitrogens with one attached hydrogen (secondary N) is 1. The number of ketones is 1. The van der Waals surface area contributed by atoms with Gasteiger partial charge in [0.05, 0.1) is 6.04 Å². The monoisotopic (exact) mass is 254 g/mol. The second kappa shape index (κ2) is 7.25. The minimum Gasteiger partial charge on any atom is -0.328 e. The SMILES string of the molecule is CC(C)NC(CC1CCC(N)CC1)C(=O)C(C)C. The van der Waals surface area contributed by atoms with Crippen molar-refractivity contribution in [2.45, 2.75) is 77.9 Å². The van der Waals surface area contributed by atoms with E-state index >= 15 is 0 Å². The van der Waals surface area contributed by atoms with Crippen molar-refractivity contribution in [1.82, 2.24) is 5.32 Å². The van der Waals surface area contributed by atoms with E-state index in [4.69, 9.17) is 5.73 Å². The summed E-state index contributed by atoms with van der Waals surface area (Å²) in [6.07, 6.45) is 5.59. The molecule has 0 saturated heterocycles. The maximum absolute atomic E-state index is 12.2. The Hall–Kier alpha value is -0.410. The molecule has 0 aromatic carbocycles. The molecule has 0 aromatic heterocycles. The lowest BCUT2D eigenvalue weighted by atomic mass is 9.81. The van der Waals surface area contributed by atoms with E-state index in [-0.39, 0.29) is 12.0 Å². The summed E-state index contributed by atoms with van der Waals surface area (Å²) in [5.41, 5.74) is 5.93. The Kier molecular flexibility index (Phi) is 6.30. The van der Waals surface area contributed by atoms with Gasteiger partial charge >= 0.3 is 0 Å². The van der Waals surface area contributed by atoms with Crippen LogP contribution in [0.3, 0.4) is 0 Å². The molecule has 18 heavy (non-hydrogen) atoms. The second-order valence-corrected chi connectivity index (χ2v) is 6.45. The molecule has 0 heterocycles. The number of carbonyl (C=O) groups is 1. The molecule has 0 radical (unpaired) electrons. The van der Waals surface area contributed by atoms with Crippen LogP contribution in [0.1, 0.15) is 59.8 Å². The summed E-state index contributed by atoms with van der Waals surface area (Å²) in [6, 6.07) is 0.784. The van der Waals surface area contributed by atoms with Crippen LogP contribution < -0.4 is 11.1 Å². The summed E-state index contributed by atoms with van der Waals surface area (Å²) < 4.78 is 0. The second-order valence-electron chi connectivity index (χ2n) is 6.45. The van der Waals surface area contributed by atoms with Gasteiger partial charge in [-0.3, -0.25) is 4.79 Å². The molecule has 106 valence electrons. The van der Waals surface area contributed by atoms with E-state index in [1.165, 1.54) is 12.8 Å². The number of hydrogen-bond donors (Lipinski definition) is 2. The van der Waals surface area contributed by atoms with Crippen LogP contribution in [-0.4, -0.2) is 23.9 Å². The fourth-order valence-electron chi connectivity index (χ4n) is 2.83. The first-order chi connectivity index (χ1) is 8.40. The minimum absolute atomic E-state index is 0.0318. The quantitative estimate of drug-likeness (QED) is 0.765. The lowest BCUT2D eigenvalue weighted by Crippen LogP contribution is -2.44. The smallest absolute Gasteiger partial charge is 0.152 e. The molecule has 1 atom stereocenters. The zero-order valence-corrected chi connectivity index (χ0v) is 12.4. The van der Waals surface area contributed by atoms with Gasteiger partial charge in [0.25, 0.3) is 0 Å². The molecule has 0 spiro atoms. The Morgan fingerprint density at radius 2 is 1.72 bits per heavy atom. The van der Waals surface area contributed by atoms with Crippen molar-refractivity contribution in [2.24, 2.45) is 17.6 Å². The predicted molar refractivity (Wildman–Crippen MR) is 76.5 cm³/mol. The molecule has 1 fully saturated rings. The molecule has 0 aromatic rings. The van der Waals surface area contributed by atoms with Crippen LogP contribution in [0.4, 0.5) is 0 Å². The Labute approximate surface area is 112 Å². The van der Waals surface area contributed by atoms with E-state index < -0.39 is 0 Å². The number of carbonyl (C=O) groups excluding carboxylic acids is 1. The van der Waals surface area contributed by atoms with Gasteiger partial charge < -0.3 is 11.1 Å². The van der Waals surface area contributed by atoms with E-state index in [0.717, 1.165) is 19.3 Å². The van der Waals surface area contributed by atoms with Crippen LogP contribution in [0.25, 0.3) is 0 Å². The van der Waals surface area contributed by atoms with E-state index in [0.29, 0.717) is 23.8 Å². The normalized spacial score (nSPS) is 26.6. The largest absolute Gasteiger partial charge is 0.328 e. The molecule has 0 aliphatic heterocycles. The maximum Gasteiger partial charge on any atom is 0.152 e. The molecule has 3 heteroatoms. The van der Waals surface area contributed by atoms with Crippen molar-refractivity contribution in [3.63, 3.8) is 0 Å². The lowest BCUT2D eigenvalue weighted by molar-refractivity contribution is -0.124. The predicted octanol–water partition coefficient (Wildman–Crippen LogP) is 2.49. The van der Waals surface area contributed by atoms with Gasteiger partial charge in [-0.1, -0.05) is 27.7 Å². The van der Waals surface area contributed by atoms with Crippen molar-refractivity contribution < 1.29 is 4.79 Å². The molecular formula is C15H30N2O. The van der Waals surface area contributed by atoms with Gasteiger partial charge in [-0.2, -0.15) is 0 Å². The van der Waals surface area contributed by atoms with Crippen molar-refractivity contribution in [3.05, 3.63) is 0 Å². The highest BCUT2D eigenvalue weighted by atomic mass is 16.1. The van der Waals surface area contributed by atoms with Crippen LogP contribution in [0.15, 0.2) is 0 Å². The third kappa shape index (κ3) is 5.07. The fraction of sp³-hybridized carbons (Fsp3) is 0.933. The number of nitrogens with two attached hydrogens (primary N) is 1.